The molecule has 0 fully saturated rings. The third-order valence-electron chi connectivity index (χ3n) is 3.64. The van der Waals surface area contributed by atoms with Crippen LogP contribution in [-0.2, 0) is 0 Å². The molecule has 0 radical (unpaired) electrons. The number of hydrogen-bond acceptors (Lipinski definition) is 2. The van der Waals surface area contributed by atoms with Crippen molar-refractivity contribution in [3.8, 4) is 0 Å². The maximum Gasteiger partial charge on any atom is 0.0597 e. The number of rotatable bonds is 5. The number of aromatic nitrogens is 1. The summed E-state index contributed by atoms with van der Waals surface area (Å²) in [6.45, 7) is 9.76. The topological polar surface area (TPSA) is 24.9 Å². The van der Waals surface area contributed by atoms with Gasteiger partial charge in [-0.15, -0.1) is 0 Å². The van der Waals surface area contributed by atoms with Crippen LogP contribution in [0.25, 0.3) is 0 Å². The van der Waals surface area contributed by atoms with E-state index in [9.17, 15) is 0 Å². The molecular formula is C18H24N2. The predicted molar refractivity (Wildman–Crippen MR) is 85.0 cm³/mol. The van der Waals surface area contributed by atoms with E-state index in [0.29, 0.717) is 0 Å². The second-order valence-electron chi connectivity index (χ2n) is 5.49. The fourth-order valence-corrected chi connectivity index (χ4v) is 2.87. The zero-order valence-corrected chi connectivity index (χ0v) is 12.9. The van der Waals surface area contributed by atoms with Gasteiger partial charge in [0.05, 0.1) is 6.04 Å². The molecule has 1 atom stereocenters. The van der Waals surface area contributed by atoms with E-state index in [0.717, 1.165) is 13.0 Å². The van der Waals surface area contributed by atoms with Crippen LogP contribution in [0, 0.1) is 20.8 Å². The van der Waals surface area contributed by atoms with Crippen molar-refractivity contribution in [2.75, 3.05) is 6.54 Å². The molecule has 0 amide bonds. The van der Waals surface area contributed by atoms with Crippen molar-refractivity contribution in [3.63, 3.8) is 0 Å². The van der Waals surface area contributed by atoms with Gasteiger partial charge < -0.3 is 5.32 Å². The van der Waals surface area contributed by atoms with E-state index >= 15 is 0 Å². The Hall–Kier alpha value is -1.67. The molecule has 1 heterocycles. The number of aryl methyl sites for hydroxylation is 3. The largest absolute Gasteiger partial charge is 0.306 e. The SMILES string of the molecule is CCCNC(c1cccnc1)c1c(C)cc(C)cc1C. The summed E-state index contributed by atoms with van der Waals surface area (Å²) in [7, 11) is 0. The summed E-state index contributed by atoms with van der Waals surface area (Å²) >= 11 is 0. The Morgan fingerprint density at radius 3 is 2.40 bits per heavy atom. The average molecular weight is 268 g/mol. The Labute approximate surface area is 122 Å². The Balaban J connectivity index is 2.47. The van der Waals surface area contributed by atoms with Gasteiger partial charge in [0, 0.05) is 12.4 Å². The van der Waals surface area contributed by atoms with Gasteiger partial charge in [0.2, 0.25) is 0 Å². The standard InChI is InChI=1S/C18H24N2/c1-5-8-20-18(16-7-6-9-19-12-16)17-14(3)10-13(2)11-15(17)4/h6-7,9-12,18,20H,5,8H2,1-4H3. The first-order chi connectivity index (χ1) is 9.63. The highest BCUT2D eigenvalue weighted by Gasteiger charge is 2.18. The lowest BCUT2D eigenvalue weighted by atomic mass is 9.90. The summed E-state index contributed by atoms with van der Waals surface area (Å²) < 4.78 is 0. The minimum Gasteiger partial charge on any atom is -0.306 e. The minimum atomic E-state index is 0.226. The minimum absolute atomic E-state index is 0.226. The van der Waals surface area contributed by atoms with Gasteiger partial charge in [-0.05, 0) is 62.1 Å². The van der Waals surface area contributed by atoms with Crippen molar-refractivity contribution in [2.45, 2.75) is 40.2 Å². The van der Waals surface area contributed by atoms with E-state index in [-0.39, 0.29) is 6.04 Å². The maximum atomic E-state index is 4.28. The fourth-order valence-electron chi connectivity index (χ4n) is 2.87. The molecule has 0 aliphatic rings. The molecule has 2 aromatic rings. The Bertz CT molecular complexity index is 538. The van der Waals surface area contributed by atoms with E-state index < -0.39 is 0 Å². The molecule has 1 unspecified atom stereocenters. The van der Waals surface area contributed by atoms with Crippen molar-refractivity contribution >= 4 is 0 Å². The highest BCUT2D eigenvalue weighted by atomic mass is 14.9. The van der Waals surface area contributed by atoms with Gasteiger partial charge in [0.15, 0.2) is 0 Å². The number of pyridine rings is 1. The van der Waals surface area contributed by atoms with E-state index in [2.05, 4.69) is 56.2 Å². The second-order valence-corrected chi connectivity index (χ2v) is 5.49. The van der Waals surface area contributed by atoms with E-state index in [4.69, 9.17) is 0 Å². The molecule has 1 N–H and O–H groups in total. The molecule has 0 aliphatic carbocycles. The number of benzene rings is 1. The number of nitrogens with one attached hydrogen (secondary N) is 1. The predicted octanol–water partition coefficient (Wildman–Crippen LogP) is 4.10. The maximum absolute atomic E-state index is 4.28. The van der Waals surface area contributed by atoms with Crippen LogP contribution in [0.5, 0.6) is 0 Å². The summed E-state index contributed by atoms with van der Waals surface area (Å²) in [5.41, 5.74) is 6.64. The van der Waals surface area contributed by atoms with E-state index in [1.54, 1.807) is 0 Å². The number of hydrogen-bond donors (Lipinski definition) is 1. The summed E-state index contributed by atoms with van der Waals surface area (Å²) in [6, 6.07) is 8.91. The molecule has 106 valence electrons. The van der Waals surface area contributed by atoms with Gasteiger partial charge in [-0.25, -0.2) is 0 Å². The average Bonchev–Trinajstić information content (AvgIpc) is 2.42. The summed E-state index contributed by atoms with van der Waals surface area (Å²) in [6.07, 6.45) is 4.92. The smallest absolute Gasteiger partial charge is 0.0597 e. The van der Waals surface area contributed by atoms with E-state index in [1.807, 2.05) is 18.5 Å². The molecule has 0 saturated heterocycles. The highest BCUT2D eigenvalue weighted by molar-refractivity contribution is 5.43. The molecule has 1 aromatic carbocycles. The van der Waals surface area contributed by atoms with Crippen LogP contribution >= 0.6 is 0 Å². The third kappa shape index (κ3) is 3.26. The van der Waals surface area contributed by atoms with Crippen LogP contribution < -0.4 is 5.32 Å². The molecule has 0 aliphatic heterocycles. The molecule has 1 aromatic heterocycles. The van der Waals surface area contributed by atoms with Gasteiger partial charge in [-0.3, -0.25) is 4.98 Å². The first-order valence-electron chi connectivity index (χ1n) is 7.34. The van der Waals surface area contributed by atoms with Gasteiger partial charge >= 0.3 is 0 Å². The number of nitrogens with zero attached hydrogens (tertiary/aromatic N) is 1. The lowest BCUT2D eigenvalue weighted by Crippen LogP contribution is -2.25. The Kier molecular flexibility index (Phi) is 4.91. The van der Waals surface area contributed by atoms with E-state index in [1.165, 1.54) is 27.8 Å². The normalized spacial score (nSPS) is 12.4. The fraction of sp³-hybridized carbons (Fsp3) is 0.389. The van der Waals surface area contributed by atoms with Crippen LogP contribution in [0.15, 0.2) is 36.7 Å². The highest BCUT2D eigenvalue weighted by Crippen LogP contribution is 2.28. The van der Waals surface area contributed by atoms with Crippen LogP contribution in [0.4, 0.5) is 0 Å². The summed E-state index contributed by atoms with van der Waals surface area (Å²) in [5.74, 6) is 0. The second kappa shape index (κ2) is 6.67. The Morgan fingerprint density at radius 1 is 1.15 bits per heavy atom. The van der Waals surface area contributed by atoms with Gasteiger partial charge in [0.1, 0.15) is 0 Å². The molecule has 2 nitrogen and oxygen atoms in total. The third-order valence-corrected chi connectivity index (χ3v) is 3.64. The molecule has 0 bridgehead atoms. The quantitative estimate of drug-likeness (QED) is 0.883. The molecule has 20 heavy (non-hydrogen) atoms. The molecule has 0 saturated carbocycles. The molecular weight excluding hydrogens is 244 g/mol. The van der Waals surface area contributed by atoms with Crippen LogP contribution in [0.1, 0.15) is 47.2 Å². The first-order valence-corrected chi connectivity index (χ1v) is 7.34. The molecule has 2 heteroatoms. The van der Waals surface area contributed by atoms with Crippen LogP contribution in [0.3, 0.4) is 0 Å². The first kappa shape index (κ1) is 14.7. The zero-order valence-electron chi connectivity index (χ0n) is 12.9. The van der Waals surface area contributed by atoms with Crippen molar-refractivity contribution in [1.82, 2.24) is 10.3 Å². The lowest BCUT2D eigenvalue weighted by Gasteiger charge is -2.23. The van der Waals surface area contributed by atoms with Crippen LogP contribution in [-0.4, -0.2) is 11.5 Å². The van der Waals surface area contributed by atoms with Gasteiger partial charge in [0.25, 0.3) is 0 Å². The summed E-state index contributed by atoms with van der Waals surface area (Å²) in [5, 5.41) is 3.66. The van der Waals surface area contributed by atoms with Crippen molar-refractivity contribution in [1.29, 1.82) is 0 Å². The van der Waals surface area contributed by atoms with Crippen molar-refractivity contribution in [2.24, 2.45) is 0 Å². The molecule has 2 rings (SSSR count). The van der Waals surface area contributed by atoms with Gasteiger partial charge in [-0.2, -0.15) is 0 Å². The van der Waals surface area contributed by atoms with Crippen molar-refractivity contribution in [3.05, 3.63) is 64.5 Å². The van der Waals surface area contributed by atoms with Crippen LogP contribution in [0.2, 0.25) is 0 Å². The van der Waals surface area contributed by atoms with Gasteiger partial charge in [-0.1, -0.05) is 30.7 Å². The monoisotopic (exact) mass is 268 g/mol. The summed E-state index contributed by atoms with van der Waals surface area (Å²) in [4.78, 5) is 4.28. The molecule has 0 spiro atoms. The Morgan fingerprint density at radius 2 is 1.85 bits per heavy atom. The van der Waals surface area contributed by atoms with Crippen molar-refractivity contribution < 1.29 is 0 Å². The zero-order chi connectivity index (χ0) is 14.5. The lowest BCUT2D eigenvalue weighted by molar-refractivity contribution is 0.592.